The van der Waals surface area contributed by atoms with E-state index in [4.69, 9.17) is 4.52 Å². The van der Waals surface area contributed by atoms with E-state index in [9.17, 15) is 5.11 Å². The zero-order valence-electron chi connectivity index (χ0n) is 9.02. The van der Waals surface area contributed by atoms with Gasteiger partial charge in [-0.25, -0.2) is 0 Å². The molecular weight excluding hydrogens is 194 g/mol. The van der Waals surface area contributed by atoms with Gasteiger partial charge in [-0.15, -0.1) is 0 Å². The molecule has 1 aliphatic rings. The summed E-state index contributed by atoms with van der Waals surface area (Å²) in [5, 5.41) is 13.1. The average molecular weight is 211 g/mol. The van der Waals surface area contributed by atoms with Gasteiger partial charge < -0.3 is 14.5 Å². The summed E-state index contributed by atoms with van der Waals surface area (Å²) in [6, 6.07) is 0. The van der Waals surface area contributed by atoms with Crippen LogP contribution in [0, 0.1) is 0 Å². The first-order valence-electron chi connectivity index (χ1n) is 5.51. The maximum absolute atomic E-state index is 9.18. The fraction of sp³-hybridized carbons (Fsp3) is 0.800. The van der Waals surface area contributed by atoms with Crippen LogP contribution in [0.5, 0.6) is 0 Å². The van der Waals surface area contributed by atoms with E-state index in [0.717, 1.165) is 13.1 Å². The van der Waals surface area contributed by atoms with Crippen LogP contribution in [0.2, 0.25) is 0 Å². The highest BCUT2D eigenvalue weighted by molar-refractivity contribution is 5.27. The van der Waals surface area contributed by atoms with Gasteiger partial charge in [-0.1, -0.05) is 0 Å². The minimum atomic E-state index is -0.431. The summed E-state index contributed by atoms with van der Waals surface area (Å²) in [6.45, 7) is 3.73. The summed E-state index contributed by atoms with van der Waals surface area (Å²) in [4.78, 5) is 6.40. The van der Waals surface area contributed by atoms with Crippen molar-refractivity contribution in [2.24, 2.45) is 0 Å². The Balaban J connectivity index is 1.99. The van der Waals surface area contributed by atoms with Crippen molar-refractivity contribution in [2.75, 3.05) is 18.0 Å². The minimum absolute atomic E-state index is 0.431. The molecule has 1 N–H and O–H groups in total. The van der Waals surface area contributed by atoms with Gasteiger partial charge in [0.2, 0.25) is 5.89 Å². The third kappa shape index (κ3) is 2.68. The van der Waals surface area contributed by atoms with Gasteiger partial charge in [0, 0.05) is 13.1 Å². The van der Waals surface area contributed by atoms with Crippen LogP contribution in [0.3, 0.4) is 0 Å². The second-order valence-electron chi connectivity index (χ2n) is 4.09. The highest BCUT2D eigenvalue weighted by Gasteiger charge is 2.17. The Morgan fingerprint density at radius 2 is 2.13 bits per heavy atom. The first-order chi connectivity index (χ1) is 7.25. The number of anilines is 1. The standard InChI is InChI=1S/C10H17N3O2/c1-8(14)7-9-11-10(12-15-9)13-5-3-2-4-6-13/h8,14H,2-7H2,1H3. The predicted molar refractivity (Wildman–Crippen MR) is 55.7 cm³/mol. The zero-order chi connectivity index (χ0) is 10.7. The Bertz CT molecular complexity index is 305. The normalized spacial score (nSPS) is 19.2. The molecule has 1 aliphatic heterocycles. The van der Waals surface area contributed by atoms with Crippen LogP contribution in [-0.2, 0) is 6.42 Å². The lowest BCUT2D eigenvalue weighted by atomic mass is 10.1. The van der Waals surface area contributed by atoms with E-state index in [-0.39, 0.29) is 0 Å². The molecule has 1 aromatic rings. The summed E-state index contributed by atoms with van der Waals surface area (Å²) in [5.41, 5.74) is 0. The Kier molecular flexibility index (Phi) is 3.20. The van der Waals surface area contributed by atoms with Gasteiger partial charge in [-0.05, 0) is 31.3 Å². The van der Waals surface area contributed by atoms with Crippen LogP contribution in [0.25, 0.3) is 0 Å². The number of hydrogen-bond donors (Lipinski definition) is 1. The molecule has 1 unspecified atom stereocenters. The predicted octanol–water partition coefficient (Wildman–Crippen LogP) is 0.983. The Morgan fingerprint density at radius 3 is 2.80 bits per heavy atom. The van der Waals surface area contributed by atoms with Crippen molar-refractivity contribution in [3.63, 3.8) is 0 Å². The van der Waals surface area contributed by atoms with E-state index in [2.05, 4.69) is 15.0 Å². The number of hydrogen-bond acceptors (Lipinski definition) is 5. The first-order valence-corrected chi connectivity index (χ1v) is 5.51. The molecule has 0 bridgehead atoms. The lowest BCUT2D eigenvalue weighted by Crippen LogP contribution is -2.30. The van der Waals surface area contributed by atoms with Gasteiger partial charge in [-0.2, -0.15) is 4.98 Å². The number of aliphatic hydroxyl groups is 1. The smallest absolute Gasteiger partial charge is 0.266 e. The molecule has 1 aromatic heterocycles. The Hall–Kier alpha value is -1.10. The molecule has 2 rings (SSSR count). The molecule has 84 valence electrons. The first kappa shape index (κ1) is 10.4. The van der Waals surface area contributed by atoms with E-state index < -0.39 is 6.10 Å². The fourth-order valence-corrected chi connectivity index (χ4v) is 1.80. The van der Waals surface area contributed by atoms with Crippen LogP contribution >= 0.6 is 0 Å². The molecule has 0 aromatic carbocycles. The maximum atomic E-state index is 9.18. The highest BCUT2D eigenvalue weighted by Crippen LogP contribution is 2.16. The van der Waals surface area contributed by atoms with E-state index in [1.165, 1.54) is 19.3 Å². The third-order valence-corrected chi connectivity index (χ3v) is 2.57. The molecule has 1 saturated heterocycles. The van der Waals surface area contributed by atoms with Crippen molar-refractivity contribution in [3.05, 3.63) is 5.89 Å². The van der Waals surface area contributed by atoms with Gasteiger partial charge in [0.05, 0.1) is 12.5 Å². The lowest BCUT2D eigenvalue weighted by Gasteiger charge is -2.24. The van der Waals surface area contributed by atoms with E-state index in [1.807, 2.05) is 0 Å². The maximum Gasteiger partial charge on any atom is 0.266 e. The number of aliphatic hydroxyl groups excluding tert-OH is 1. The molecule has 1 atom stereocenters. The summed E-state index contributed by atoms with van der Waals surface area (Å²) in [5.74, 6) is 1.19. The van der Waals surface area contributed by atoms with Crippen molar-refractivity contribution in [1.29, 1.82) is 0 Å². The summed E-state index contributed by atoms with van der Waals surface area (Å²) >= 11 is 0. The van der Waals surface area contributed by atoms with E-state index in [0.29, 0.717) is 18.3 Å². The van der Waals surface area contributed by atoms with Crippen molar-refractivity contribution in [1.82, 2.24) is 10.1 Å². The molecule has 0 saturated carbocycles. The largest absolute Gasteiger partial charge is 0.393 e. The van der Waals surface area contributed by atoms with Crippen LogP contribution in [0.4, 0.5) is 5.95 Å². The summed E-state index contributed by atoms with van der Waals surface area (Å²) in [7, 11) is 0. The number of piperidine rings is 1. The average Bonchev–Trinajstić information content (AvgIpc) is 2.67. The topological polar surface area (TPSA) is 62.4 Å². The van der Waals surface area contributed by atoms with Crippen LogP contribution < -0.4 is 4.90 Å². The molecule has 0 radical (unpaired) electrons. The summed E-state index contributed by atoms with van der Waals surface area (Å²) < 4.78 is 5.07. The summed E-state index contributed by atoms with van der Waals surface area (Å²) in [6.07, 6.45) is 3.68. The van der Waals surface area contributed by atoms with Gasteiger partial charge in [0.25, 0.3) is 5.95 Å². The van der Waals surface area contributed by atoms with Crippen molar-refractivity contribution >= 4 is 5.95 Å². The molecular formula is C10H17N3O2. The Labute approximate surface area is 89.1 Å². The molecule has 0 aliphatic carbocycles. The molecule has 2 heterocycles. The number of aromatic nitrogens is 2. The van der Waals surface area contributed by atoms with Crippen molar-refractivity contribution in [2.45, 2.75) is 38.7 Å². The van der Waals surface area contributed by atoms with E-state index >= 15 is 0 Å². The number of rotatable bonds is 3. The van der Waals surface area contributed by atoms with Crippen molar-refractivity contribution < 1.29 is 9.63 Å². The monoisotopic (exact) mass is 211 g/mol. The van der Waals surface area contributed by atoms with Crippen LogP contribution in [-0.4, -0.2) is 34.4 Å². The van der Waals surface area contributed by atoms with Crippen LogP contribution in [0.1, 0.15) is 32.1 Å². The molecule has 0 amide bonds. The minimum Gasteiger partial charge on any atom is -0.393 e. The second kappa shape index (κ2) is 4.61. The second-order valence-corrected chi connectivity index (χ2v) is 4.09. The molecule has 15 heavy (non-hydrogen) atoms. The van der Waals surface area contributed by atoms with Gasteiger partial charge in [-0.3, -0.25) is 0 Å². The SMILES string of the molecule is CC(O)Cc1nc(N2CCCCC2)no1. The zero-order valence-corrected chi connectivity index (χ0v) is 9.02. The number of nitrogens with zero attached hydrogens (tertiary/aromatic N) is 3. The van der Waals surface area contributed by atoms with Crippen molar-refractivity contribution in [3.8, 4) is 0 Å². The fourth-order valence-electron chi connectivity index (χ4n) is 1.80. The molecule has 1 fully saturated rings. The van der Waals surface area contributed by atoms with Gasteiger partial charge >= 0.3 is 0 Å². The van der Waals surface area contributed by atoms with Crippen LogP contribution in [0.15, 0.2) is 4.52 Å². The van der Waals surface area contributed by atoms with Gasteiger partial charge in [0.15, 0.2) is 0 Å². The van der Waals surface area contributed by atoms with Gasteiger partial charge in [0.1, 0.15) is 0 Å². The Morgan fingerprint density at radius 1 is 1.40 bits per heavy atom. The molecule has 5 heteroatoms. The third-order valence-electron chi connectivity index (χ3n) is 2.57. The molecule has 0 spiro atoms. The van der Waals surface area contributed by atoms with E-state index in [1.54, 1.807) is 6.92 Å². The molecule has 5 nitrogen and oxygen atoms in total. The highest BCUT2D eigenvalue weighted by atomic mass is 16.5. The lowest BCUT2D eigenvalue weighted by molar-refractivity contribution is 0.181. The quantitative estimate of drug-likeness (QED) is 0.807.